The summed E-state index contributed by atoms with van der Waals surface area (Å²) in [5.74, 6) is -4.08. The number of aromatic nitrogens is 1. The molecule has 0 unspecified atom stereocenters. The topological polar surface area (TPSA) is 33.2 Å². The molecule has 0 aliphatic heterocycles. The van der Waals surface area contributed by atoms with E-state index in [-0.39, 0.29) is 17.1 Å². The summed E-state index contributed by atoms with van der Waals surface area (Å²) in [6.45, 7) is -0.173. The minimum atomic E-state index is -1.36. The van der Waals surface area contributed by atoms with Crippen LogP contribution < -0.4 is 0 Å². The van der Waals surface area contributed by atoms with Gasteiger partial charge in [-0.25, -0.2) is 13.8 Å². The van der Waals surface area contributed by atoms with Gasteiger partial charge in [-0.05, 0) is 18.2 Å². The van der Waals surface area contributed by atoms with E-state index in [1.54, 1.807) is 0 Å². The smallest absolute Gasteiger partial charge is 0.257 e. The summed E-state index contributed by atoms with van der Waals surface area (Å²) in [5, 5.41) is 0.149. The van der Waals surface area contributed by atoms with Crippen LogP contribution in [0, 0.1) is 17.6 Å². The molecule has 1 heterocycles. The second-order valence-corrected chi connectivity index (χ2v) is 4.73. The van der Waals surface area contributed by atoms with Crippen LogP contribution in [0.2, 0.25) is 5.02 Å². The third-order valence-corrected chi connectivity index (χ3v) is 3.23. The fraction of sp³-hybridized carbons (Fsp3) is 0.143. The van der Waals surface area contributed by atoms with Gasteiger partial charge in [-0.1, -0.05) is 17.7 Å². The van der Waals surface area contributed by atoms with Gasteiger partial charge in [0.2, 0.25) is 5.95 Å². The third kappa shape index (κ3) is 3.16. The van der Waals surface area contributed by atoms with E-state index in [0.29, 0.717) is 0 Å². The quantitative estimate of drug-likeness (QED) is 0.813. The van der Waals surface area contributed by atoms with Gasteiger partial charge in [0.15, 0.2) is 5.82 Å². The van der Waals surface area contributed by atoms with Crippen LogP contribution in [0.25, 0.3) is 0 Å². The molecule has 0 radical (unpaired) electrons. The maximum atomic E-state index is 13.7. The minimum Gasteiger partial charge on any atom is -0.337 e. The van der Waals surface area contributed by atoms with Gasteiger partial charge in [-0.2, -0.15) is 4.39 Å². The molecule has 0 saturated carbocycles. The summed E-state index contributed by atoms with van der Waals surface area (Å²) in [6.07, 6.45) is 0.982. The molecular formula is C14H10ClF3N2O. The number of halogens is 4. The van der Waals surface area contributed by atoms with Crippen LogP contribution in [0.15, 0.2) is 30.5 Å². The molecule has 0 spiro atoms. The number of amides is 1. The Morgan fingerprint density at radius 2 is 2.00 bits per heavy atom. The molecule has 0 saturated heterocycles. The van der Waals surface area contributed by atoms with Crippen molar-refractivity contribution >= 4 is 17.5 Å². The summed E-state index contributed by atoms with van der Waals surface area (Å²) in [7, 11) is 1.34. The molecule has 1 aromatic carbocycles. The Balaban J connectivity index is 2.26. The number of rotatable bonds is 3. The molecule has 0 aliphatic carbocycles. The standard InChI is InChI=1S/C14H10ClF3N2O/c1-20(7-9-10(15)3-2-4-11(9)16)14(21)8-5-6-19-13(18)12(8)17/h2-6H,7H2,1H3. The average molecular weight is 315 g/mol. The molecule has 0 atom stereocenters. The van der Waals surface area contributed by atoms with Crippen molar-refractivity contribution in [3.8, 4) is 0 Å². The Kier molecular flexibility index (Phi) is 4.47. The van der Waals surface area contributed by atoms with E-state index >= 15 is 0 Å². The lowest BCUT2D eigenvalue weighted by molar-refractivity contribution is 0.0777. The maximum absolute atomic E-state index is 13.7. The lowest BCUT2D eigenvalue weighted by atomic mass is 10.1. The molecule has 1 amide bonds. The van der Waals surface area contributed by atoms with Gasteiger partial charge in [0.25, 0.3) is 5.91 Å². The van der Waals surface area contributed by atoms with Crippen LogP contribution >= 0.6 is 11.6 Å². The number of hydrogen-bond donors (Lipinski definition) is 0. The summed E-state index contributed by atoms with van der Waals surface area (Å²) >= 11 is 5.86. The van der Waals surface area contributed by atoms with Gasteiger partial charge in [0.1, 0.15) is 5.82 Å². The lowest BCUT2D eigenvalue weighted by Gasteiger charge is -2.18. The first-order valence-electron chi connectivity index (χ1n) is 5.90. The molecule has 110 valence electrons. The summed E-state index contributed by atoms with van der Waals surface area (Å²) in [4.78, 5) is 16.2. The highest BCUT2D eigenvalue weighted by Gasteiger charge is 2.21. The van der Waals surface area contributed by atoms with Crippen LogP contribution in [-0.2, 0) is 6.54 Å². The minimum absolute atomic E-state index is 0.102. The number of benzene rings is 1. The highest BCUT2D eigenvalue weighted by Crippen LogP contribution is 2.21. The van der Waals surface area contributed by atoms with E-state index in [1.807, 2.05) is 0 Å². The Morgan fingerprint density at radius 1 is 1.29 bits per heavy atom. The molecule has 21 heavy (non-hydrogen) atoms. The number of nitrogens with zero attached hydrogens (tertiary/aromatic N) is 2. The van der Waals surface area contributed by atoms with Crippen LogP contribution in [-0.4, -0.2) is 22.8 Å². The molecule has 7 heteroatoms. The van der Waals surface area contributed by atoms with Gasteiger partial charge < -0.3 is 4.90 Å². The zero-order valence-corrected chi connectivity index (χ0v) is 11.7. The first-order chi connectivity index (χ1) is 9.91. The van der Waals surface area contributed by atoms with Crippen molar-refractivity contribution in [3.05, 3.63) is 64.2 Å². The van der Waals surface area contributed by atoms with E-state index < -0.39 is 29.1 Å². The van der Waals surface area contributed by atoms with Gasteiger partial charge in [-0.15, -0.1) is 0 Å². The first kappa shape index (κ1) is 15.3. The Morgan fingerprint density at radius 3 is 2.67 bits per heavy atom. The van der Waals surface area contributed by atoms with Crippen molar-refractivity contribution in [1.29, 1.82) is 0 Å². The van der Waals surface area contributed by atoms with Crippen molar-refractivity contribution in [2.75, 3.05) is 7.05 Å². The molecule has 0 bridgehead atoms. The molecule has 0 fully saturated rings. The predicted octanol–water partition coefficient (Wildman–Crippen LogP) is 3.42. The Hall–Kier alpha value is -2.08. The Labute approximate surface area is 124 Å². The number of carbonyl (C=O) groups is 1. The summed E-state index contributed by atoms with van der Waals surface area (Å²) < 4.78 is 40.2. The van der Waals surface area contributed by atoms with Crippen LogP contribution in [0.1, 0.15) is 15.9 Å². The van der Waals surface area contributed by atoms with Gasteiger partial charge >= 0.3 is 0 Å². The highest BCUT2D eigenvalue weighted by molar-refractivity contribution is 6.31. The van der Waals surface area contributed by atoms with Crippen molar-refractivity contribution in [2.24, 2.45) is 0 Å². The zero-order chi connectivity index (χ0) is 15.6. The molecular weight excluding hydrogens is 305 g/mol. The monoisotopic (exact) mass is 314 g/mol. The molecule has 3 nitrogen and oxygen atoms in total. The Bertz CT molecular complexity index is 674. The van der Waals surface area contributed by atoms with Crippen molar-refractivity contribution in [1.82, 2.24) is 9.88 Å². The predicted molar refractivity (Wildman–Crippen MR) is 71.4 cm³/mol. The number of hydrogen-bond acceptors (Lipinski definition) is 2. The summed E-state index contributed by atoms with van der Waals surface area (Å²) in [6, 6.07) is 5.16. The molecule has 1 aromatic heterocycles. The molecule has 2 rings (SSSR count). The summed E-state index contributed by atoms with van der Waals surface area (Å²) in [5.41, 5.74) is -0.373. The fourth-order valence-electron chi connectivity index (χ4n) is 1.78. The van der Waals surface area contributed by atoms with Gasteiger partial charge in [0.05, 0.1) is 5.56 Å². The zero-order valence-electron chi connectivity index (χ0n) is 10.9. The SMILES string of the molecule is CN(Cc1c(F)cccc1Cl)C(=O)c1ccnc(F)c1F. The lowest BCUT2D eigenvalue weighted by Crippen LogP contribution is -2.28. The van der Waals surface area contributed by atoms with E-state index in [9.17, 15) is 18.0 Å². The second-order valence-electron chi connectivity index (χ2n) is 4.32. The molecule has 0 aliphatic rings. The van der Waals surface area contributed by atoms with Crippen molar-refractivity contribution in [2.45, 2.75) is 6.54 Å². The van der Waals surface area contributed by atoms with E-state index in [2.05, 4.69) is 4.98 Å². The molecule has 2 aromatic rings. The van der Waals surface area contributed by atoms with Gasteiger partial charge in [0, 0.05) is 30.4 Å². The molecule has 0 N–H and O–H groups in total. The number of pyridine rings is 1. The maximum Gasteiger partial charge on any atom is 0.257 e. The van der Waals surface area contributed by atoms with Crippen LogP contribution in [0.3, 0.4) is 0 Å². The van der Waals surface area contributed by atoms with E-state index in [1.165, 1.54) is 25.2 Å². The van der Waals surface area contributed by atoms with Crippen LogP contribution in [0.4, 0.5) is 13.2 Å². The number of carbonyl (C=O) groups excluding carboxylic acids is 1. The average Bonchev–Trinajstić information content (AvgIpc) is 2.45. The first-order valence-corrected chi connectivity index (χ1v) is 6.28. The highest BCUT2D eigenvalue weighted by atomic mass is 35.5. The third-order valence-electron chi connectivity index (χ3n) is 2.88. The van der Waals surface area contributed by atoms with E-state index in [0.717, 1.165) is 17.2 Å². The van der Waals surface area contributed by atoms with E-state index in [4.69, 9.17) is 11.6 Å². The van der Waals surface area contributed by atoms with Crippen molar-refractivity contribution < 1.29 is 18.0 Å². The van der Waals surface area contributed by atoms with Crippen LogP contribution in [0.5, 0.6) is 0 Å². The fourth-order valence-corrected chi connectivity index (χ4v) is 2.00. The largest absolute Gasteiger partial charge is 0.337 e. The van der Waals surface area contributed by atoms with Crippen molar-refractivity contribution in [3.63, 3.8) is 0 Å². The van der Waals surface area contributed by atoms with Gasteiger partial charge in [-0.3, -0.25) is 4.79 Å². The normalized spacial score (nSPS) is 10.5. The second kappa shape index (κ2) is 6.13.